The molecule has 0 heterocycles. The Morgan fingerprint density at radius 1 is 1.00 bits per heavy atom. The van der Waals surface area contributed by atoms with Crippen LogP contribution in [0.15, 0.2) is 30.3 Å². The second kappa shape index (κ2) is 8.24. The van der Waals surface area contributed by atoms with Crippen molar-refractivity contribution in [2.24, 2.45) is 5.92 Å². The number of Topliss-reactive ketones (excluding diaryl/α,β-unsaturated/α-hetero) is 1. The molecule has 110 valence electrons. The van der Waals surface area contributed by atoms with Crippen LogP contribution in [0.25, 0.3) is 0 Å². The largest absolute Gasteiger partial charge is 0.299 e. The van der Waals surface area contributed by atoms with Crippen molar-refractivity contribution in [1.29, 1.82) is 0 Å². The molecule has 20 heavy (non-hydrogen) atoms. The molecule has 0 aromatic heterocycles. The van der Waals surface area contributed by atoms with Crippen molar-refractivity contribution in [3.05, 3.63) is 35.9 Å². The van der Waals surface area contributed by atoms with E-state index in [1.807, 2.05) is 6.07 Å². The van der Waals surface area contributed by atoms with Crippen LogP contribution in [0.1, 0.15) is 76.2 Å². The van der Waals surface area contributed by atoms with Gasteiger partial charge >= 0.3 is 0 Å². The lowest BCUT2D eigenvalue weighted by atomic mass is 10.0. The predicted molar refractivity (Wildman–Crippen MR) is 84.9 cm³/mol. The third-order valence-electron chi connectivity index (χ3n) is 4.46. The maximum atomic E-state index is 12.1. The molecule has 0 N–H and O–H groups in total. The number of carbonyl (C=O) groups is 1. The minimum atomic E-state index is 0.331. The van der Waals surface area contributed by atoms with Gasteiger partial charge < -0.3 is 0 Å². The van der Waals surface area contributed by atoms with Gasteiger partial charge in [0.1, 0.15) is 5.78 Å². The third kappa shape index (κ3) is 4.77. The van der Waals surface area contributed by atoms with Gasteiger partial charge in [-0.15, -0.1) is 0 Å². The maximum absolute atomic E-state index is 12.1. The first-order valence-corrected chi connectivity index (χ1v) is 8.40. The van der Waals surface area contributed by atoms with Crippen molar-refractivity contribution in [2.45, 2.75) is 70.6 Å². The molecular weight excluding hydrogens is 244 g/mol. The van der Waals surface area contributed by atoms with Crippen LogP contribution in [-0.2, 0) is 4.79 Å². The van der Waals surface area contributed by atoms with Gasteiger partial charge in [0, 0.05) is 12.3 Å². The Morgan fingerprint density at radius 3 is 2.35 bits per heavy atom. The van der Waals surface area contributed by atoms with E-state index >= 15 is 0 Å². The lowest BCUT2D eigenvalue weighted by molar-refractivity contribution is -0.120. The van der Waals surface area contributed by atoms with Gasteiger partial charge in [0.15, 0.2) is 0 Å². The second-order valence-corrected chi connectivity index (χ2v) is 6.20. The molecule has 0 bridgehead atoms. The number of ketones is 1. The Kier molecular flexibility index (Phi) is 6.29. The summed E-state index contributed by atoms with van der Waals surface area (Å²) in [6, 6.07) is 10.5. The predicted octanol–water partition coefficient (Wildman–Crippen LogP) is 5.50. The van der Waals surface area contributed by atoms with Crippen LogP contribution in [0.3, 0.4) is 0 Å². The molecule has 0 radical (unpaired) electrons. The fraction of sp³-hybridized carbons (Fsp3) is 0.632. The Bertz CT molecular complexity index is 395. The van der Waals surface area contributed by atoms with Crippen molar-refractivity contribution >= 4 is 5.78 Å². The highest BCUT2D eigenvalue weighted by molar-refractivity contribution is 5.84. The van der Waals surface area contributed by atoms with Crippen molar-refractivity contribution in [3.8, 4) is 0 Å². The Balaban J connectivity index is 1.56. The summed E-state index contributed by atoms with van der Waals surface area (Å²) in [4.78, 5) is 12.1. The van der Waals surface area contributed by atoms with E-state index in [2.05, 4.69) is 31.2 Å². The number of unbranched alkanes of at least 4 members (excludes halogenated alkanes) is 6. The lowest BCUT2D eigenvalue weighted by Gasteiger charge is -2.02. The third-order valence-corrected chi connectivity index (χ3v) is 4.46. The molecule has 1 aliphatic rings. The highest BCUT2D eigenvalue weighted by Crippen LogP contribution is 2.48. The summed E-state index contributed by atoms with van der Waals surface area (Å²) < 4.78 is 0. The second-order valence-electron chi connectivity index (χ2n) is 6.20. The summed E-state index contributed by atoms with van der Waals surface area (Å²) in [5.41, 5.74) is 1.35. The standard InChI is InChI=1S/C19H28O/c1-2-3-4-5-6-7-11-14-19(20)18-15-17(18)16-12-9-8-10-13-16/h8-10,12-13,17-18H,2-7,11,14-15H2,1H3. The molecule has 1 heteroatoms. The molecule has 0 saturated heterocycles. The monoisotopic (exact) mass is 272 g/mol. The molecular formula is C19H28O. The number of hydrogen-bond acceptors (Lipinski definition) is 1. The van der Waals surface area contributed by atoms with Crippen LogP contribution < -0.4 is 0 Å². The molecule has 2 unspecified atom stereocenters. The highest BCUT2D eigenvalue weighted by atomic mass is 16.1. The average molecular weight is 272 g/mol. The SMILES string of the molecule is CCCCCCCCCC(=O)C1CC1c1ccccc1. The van der Waals surface area contributed by atoms with Gasteiger partial charge in [0.2, 0.25) is 0 Å². The molecule has 1 fully saturated rings. The van der Waals surface area contributed by atoms with Crippen LogP contribution in [0.2, 0.25) is 0 Å². The minimum Gasteiger partial charge on any atom is -0.299 e. The Labute approximate surface area is 123 Å². The fourth-order valence-corrected chi connectivity index (χ4v) is 3.06. The Hall–Kier alpha value is -1.11. The van der Waals surface area contributed by atoms with Crippen molar-refractivity contribution in [3.63, 3.8) is 0 Å². The molecule has 1 nitrogen and oxygen atoms in total. The summed E-state index contributed by atoms with van der Waals surface area (Å²) in [7, 11) is 0. The highest BCUT2D eigenvalue weighted by Gasteiger charge is 2.42. The van der Waals surface area contributed by atoms with Gasteiger partial charge in [0.25, 0.3) is 0 Å². The van der Waals surface area contributed by atoms with Crippen LogP contribution in [0, 0.1) is 5.92 Å². The Morgan fingerprint density at radius 2 is 1.65 bits per heavy atom. The van der Waals surface area contributed by atoms with Crippen molar-refractivity contribution < 1.29 is 4.79 Å². The van der Waals surface area contributed by atoms with Gasteiger partial charge in [-0.25, -0.2) is 0 Å². The molecule has 1 aliphatic carbocycles. The average Bonchev–Trinajstić information content (AvgIpc) is 3.27. The van der Waals surface area contributed by atoms with Crippen molar-refractivity contribution in [1.82, 2.24) is 0 Å². The number of hydrogen-bond donors (Lipinski definition) is 0. The van der Waals surface area contributed by atoms with Crippen molar-refractivity contribution in [2.75, 3.05) is 0 Å². The molecule has 0 aliphatic heterocycles. The topological polar surface area (TPSA) is 17.1 Å². The molecule has 0 amide bonds. The summed E-state index contributed by atoms with van der Waals surface area (Å²) in [5.74, 6) is 1.36. The van der Waals surface area contributed by atoms with E-state index in [0.717, 1.165) is 19.3 Å². The van der Waals surface area contributed by atoms with E-state index in [1.54, 1.807) is 0 Å². The summed E-state index contributed by atoms with van der Waals surface area (Å²) in [6.45, 7) is 2.25. The molecule has 2 atom stereocenters. The first-order chi connectivity index (χ1) is 9.83. The summed E-state index contributed by atoms with van der Waals surface area (Å²) in [5, 5.41) is 0. The van der Waals surface area contributed by atoms with E-state index in [4.69, 9.17) is 0 Å². The van der Waals surface area contributed by atoms with Gasteiger partial charge in [-0.3, -0.25) is 4.79 Å². The minimum absolute atomic E-state index is 0.331. The fourth-order valence-electron chi connectivity index (χ4n) is 3.06. The van der Waals surface area contributed by atoms with Gasteiger partial charge in [0.05, 0.1) is 0 Å². The van der Waals surface area contributed by atoms with Crippen LogP contribution in [0.5, 0.6) is 0 Å². The van der Waals surface area contributed by atoms with Crippen LogP contribution >= 0.6 is 0 Å². The van der Waals surface area contributed by atoms with E-state index in [1.165, 1.54) is 44.1 Å². The number of benzene rings is 1. The van der Waals surface area contributed by atoms with E-state index in [-0.39, 0.29) is 0 Å². The quantitative estimate of drug-likeness (QED) is 0.514. The zero-order valence-electron chi connectivity index (χ0n) is 12.8. The van der Waals surface area contributed by atoms with Crippen LogP contribution in [-0.4, -0.2) is 5.78 Å². The van der Waals surface area contributed by atoms with Gasteiger partial charge in [-0.1, -0.05) is 75.8 Å². The molecule has 0 spiro atoms. The van der Waals surface area contributed by atoms with E-state index in [0.29, 0.717) is 17.6 Å². The zero-order chi connectivity index (χ0) is 14.2. The molecule has 1 saturated carbocycles. The molecule has 1 aromatic carbocycles. The normalized spacial score (nSPS) is 20.9. The molecule has 2 rings (SSSR count). The smallest absolute Gasteiger partial charge is 0.136 e. The maximum Gasteiger partial charge on any atom is 0.136 e. The van der Waals surface area contributed by atoms with E-state index in [9.17, 15) is 4.79 Å². The zero-order valence-corrected chi connectivity index (χ0v) is 12.8. The van der Waals surface area contributed by atoms with E-state index < -0.39 is 0 Å². The summed E-state index contributed by atoms with van der Waals surface area (Å²) in [6.07, 6.45) is 10.9. The number of rotatable bonds is 10. The summed E-state index contributed by atoms with van der Waals surface area (Å²) >= 11 is 0. The first kappa shape index (κ1) is 15.3. The van der Waals surface area contributed by atoms with Crippen LogP contribution in [0.4, 0.5) is 0 Å². The van der Waals surface area contributed by atoms with Gasteiger partial charge in [-0.2, -0.15) is 0 Å². The van der Waals surface area contributed by atoms with Gasteiger partial charge in [-0.05, 0) is 24.3 Å². The number of carbonyl (C=O) groups excluding carboxylic acids is 1. The molecule has 1 aromatic rings. The lowest BCUT2D eigenvalue weighted by Crippen LogP contribution is -2.02. The first-order valence-electron chi connectivity index (χ1n) is 8.40.